The highest BCUT2D eigenvalue weighted by atomic mass is 32.1. The van der Waals surface area contributed by atoms with Crippen molar-refractivity contribution in [1.82, 2.24) is 10.4 Å². The molecule has 1 N–H and O–H groups in total. The summed E-state index contributed by atoms with van der Waals surface area (Å²) >= 11 is 1.39. The monoisotopic (exact) mass is 401 g/mol. The summed E-state index contributed by atoms with van der Waals surface area (Å²) in [6.45, 7) is -1.34. The number of amides is 1. The van der Waals surface area contributed by atoms with Gasteiger partial charge in [-0.3, -0.25) is 4.79 Å². The first kappa shape index (κ1) is 19.6. The van der Waals surface area contributed by atoms with Gasteiger partial charge in [0.05, 0.1) is 17.8 Å². The van der Waals surface area contributed by atoms with E-state index in [-0.39, 0.29) is 18.1 Å². The van der Waals surface area contributed by atoms with Crippen LogP contribution in [0.5, 0.6) is 5.75 Å². The van der Waals surface area contributed by atoms with Crippen LogP contribution >= 0.6 is 11.3 Å². The van der Waals surface area contributed by atoms with Crippen molar-refractivity contribution in [3.63, 3.8) is 0 Å². The molecule has 1 aromatic heterocycles. The van der Waals surface area contributed by atoms with E-state index in [1.165, 1.54) is 17.4 Å². The maximum absolute atomic E-state index is 12.5. The van der Waals surface area contributed by atoms with E-state index in [0.717, 1.165) is 11.3 Å². The Morgan fingerprint density at radius 1 is 1.18 bits per heavy atom. The minimum absolute atomic E-state index is 0.000394. The van der Waals surface area contributed by atoms with Crippen LogP contribution in [0.1, 0.15) is 17.5 Å². The highest BCUT2D eigenvalue weighted by Crippen LogP contribution is 2.22. The summed E-state index contributed by atoms with van der Waals surface area (Å²) in [4.78, 5) is 16.6. The predicted octanol–water partition coefficient (Wildman–Crippen LogP) is 4.49. The van der Waals surface area contributed by atoms with E-state index in [9.17, 15) is 13.6 Å². The zero-order chi connectivity index (χ0) is 19.9. The number of benzene rings is 2. The molecule has 8 heteroatoms. The second kappa shape index (κ2) is 9.18. The number of hydrazone groups is 1. The van der Waals surface area contributed by atoms with Gasteiger partial charge in [-0.15, -0.1) is 11.3 Å². The van der Waals surface area contributed by atoms with Crippen LogP contribution < -0.4 is 10.2 Å². The van der Waals surface area contributed by atoms with Crippen LogP contribution in [0.15, 0.2) is 65.1 Å². The molecule has 0 atom stereocenters. The Morgan fingerprint density at radius 2 is 1.89 bits per heavy atom. The van der Waals surface area contributed by atoms with Gasteiger partial charge in [0.2, 0.25) is 5.91 Å². The van der Waals surface area contributed by atoms with Crippen LogP contribution in [-0.4, -0.2) is 23.2 Å². The smallest absolute Gasteiger partial charge is 0.387 e. The summed E-state index contributed by atoms with van der Waals surface area (Å²) in [7, 11) is 0. The Labute approximate surface area is 164 Å². The number of alkyl halides is 2. The van der Waals surface area contributed by atoms with Gasteiger partial charge in [-0.25, -0.2) is 10.4 Å². The lowest BCUT2D eigenvalue weighted by atomic mass is 10.1. The highest BCUT2D eigenvalue weighted by Gasteiger charge is 2.12. The zero-order valence-corrected chi connectivity index (χ0v) is 15.7. The molecular weight excluding hydrogens is 384 g/mol. The van der Waals surface area contributed by atoms with Gasteiger partial charge in [0.1, 0.15) is 10.8 Å². The lowest BCUT2D eigenvalue weighted by Gasteiger charge is -2.10. The number of hydrogen-bond acceptors (Lipinski definition) is 5. The van der Waals surface area contributed by atoms with E-state index in [1.807, 2.05) is 35.7 Å². The average Bonchev–Trinajstić information content (AvgIpc) is 3.15. The standard InChI is InChI=1S/C20H17F2N3O2S/c1-13(15-9-5-6-10-17(15)27-20(21)22)24-25-18(26)11-19-23-16(12-28-19)14-7-3-2-4-8-14/h2-10,12,20H,11H2,1H3,(H,25,26)/b24-13-. The van der Waals surface area contributed by atoms with Gasteiger partial charge < -0.3 is 4.74 Å². The number of nitrogens with one attached hydrogen (secondary N) is 1. The Balaban J connectivity index is 1.63. The van der Waals surface area contributed by atoms with E-state index < -0.39 is 6.61 Å². The third-order valence-electron chi connectivity index (χ3n) is 3.77. The number of nitrogens with zero attached hydrogens (tertiary/aromatic N) is 2. The molecule has 0 bridgehead atoms. The molecule has 0 fully saturated rings. The Kier molecular flexibility index (Phi) is 6.44. The molecular formula is C20H17F2N3O2S. The number of thiazole rings is 1. The van der Waals surface area contributed by atoms with Crippen molar-refractivity contribution in [2.75, 3.05) is 0 Å². The molecule has 144 valence electrons. The van der Waals surface area contributed by atoms with Gasteiger partial charge in [0, 0.05) is 16.5 Å². The van der Waals surface area contributed by atoms with Gasteiger partial charge in [0.25, 0.3) is 0 Å². The predicted molar refractivity (Wildman–Crippen MR) is 105 cm³/mol. The Bertz CT molecular complexity index is 974. The number of ether oxygens (including phenoxy) is 1. The number of hydrogen-bond donors (Lipinski definition) is 1. The van der Waals surface area contributed by atoms with Crippen LogP contribution in [0, 0.1) is 0 Å². The van der Waals surface area contributed by atoms with E-state index >= 15 is 0 Å². The molecule has 1 amide bonds. The molecule has 1 heterocycles. The van der Waals surface area contributed by atoms with Crippen molar-refractivity contribution in [2.45, 2.75) is 20.0 Å². The highest BCUT2D eigenvalue weighted by molar-refractivity contribution is 7.10. The van der Waals surface area contributed by atoms with Gasteiger partial charge in [0.15, 0.2) is 0 Å². The number of carbonyl (C=O) groups is 1. The molecule has 3 aromatic rings. The van der Waals surface area contributed by atoms with Crippen LogP contribution in [0.4, 0.5) is 8.78 Å². The third-order valence-corrected chi connectivity index (χ3v) is 4.62. The summed E-state index contributed by atoms with van der Waals surface area (Å²) in [5.41, 5.74) is 4.96. The van der Waals surface area contributed by atoms with Crippen LogP contribution in [-0.2, 0) is 11.2 Å². The lowest BCUT2D eigenvalue weighted by molar-refractivity contribution is -0.120. The molecule has 0 saturated heterocycles. The molecule has 0 aliphatic carbocycles. The molecule has 2 aromatic carbocycles. The number of para-hydroxylation sites is 1. The molecule has 0 aliphatic heterocycles. The van der Waals surface area contributed by atoms with Crippen molar-refractivity contribution in [1.29, 1.82) is 0 Å². The van der Waals surface area contributed by atoms with Gasteiger partial charge in [-0.2, -0.15) is 13.9 Å². The van der Waals surface area contributed by atoms with Gasteiger partial charge in [-0.1, -0.05) is 42.5 Å². The second-order valence-electron chi connectivity index (χ2n) is 5.78. The molecule has 0 saturated carbocycles. The van der Waals surface area contributed by atoms with Crippen LogP contribution in [0.25, 0.3) is 11.3 Å². The van der Waals surface area contributed by atoms with E-state index in [1.54, 1.807) is 25.1 Å². The number of rotatable bonds is 7. The first-order chi connectivity index (χ1) is 13.5. The van der Waals surface area contributed by atoms with E-state index in [0.29, 0.717) is 16.3 Å². The fourth-order valence-electron chi connectivity index (χ4n) is 2.48. The van der Waals surface area contributed by atoms with Gasteiger partial charge >= 0.3 is 6.61 Å². The molecule has 5 nitrogen and oxygen atoms in total. The largest absolute Gasteiger partial charge is 0.434 e. The Morgan fingerprint density at radius 3 is 2.64 bits per heavy atom. The summed E-state index contributed by atoms with van der Waals surface area (Å²) < 4.78 is 29.5. The summed E-state index contributed by atoms with van der Waals surface area (Å²) in [5.74, 6) is -0.346. The van der Waals surface area contributed by atoms with Crippen molar-refractivity contribution in [3.8, 4) is 17.0 Å². The molecule has 0 spiro atoms. The van der Waals surface area contributed by atoms with Crippen LogP contribution in [0.2, 0.25) is 0 Å². The third kappa shape index (κ3) is 5.20. The number of carbonyl (C=O) groups excluding carboxylic acids is 1. The minimum Gasteiger partial charge on any atom is -0.434 e. The van der Waals surface area contributed by atoms with Gasteiger partial charge in [-0.05, 0) is 19.1 Å². The molecule has 28 heavy (non-hydrogen) atoms. The first-order valence-corrected chi connectivity index (χ1v) is 9.28. The summed E-state index contributed by atoms with van der Waals surface area (Å²) in [6.07, 6.45) is 0.0729. The summed E-state index contributed by atoms with van der Waals surface area (Å²) in [6, 6.07) is 15.9. The van der Waals surface area contributed by atoms with Crippen molar-refractivity contribution in [2.24, 2.45) is 5.10 Å². The fraction of sp³-hybridized carbons (Fsp3) is 0.150. The number of aromatic nitrogens is 1. The second-order valence-corrected chi connectivity index (χ2v) is 6.72. The number of halogens is 2. The first-order valence-electron chi connectivity index (χ1n) is 8.40. The van der Waals surface area contributed by atoms with E-state index in [2.05, 4.69) is 20.2 Å². The van der Waals surface area contributed by atoms with Crippen molar-refractivity contribution >= 4 is 23.0 Å². The lowest BCUT2D eigenvalue weighted by Crippen LogP contribution is -2.21. The maximum atomic E-state index is 12.5. The van der Waals surface area contributed by atoms with E-state index in [4.69, 9.17) is 0 Å². The minimum atomic E-state index is -2.94. The summed E-state index contributed by atoms with van der Waals surface area (Å²) in [5, 5.41) is 6.54. The zero-order valence-electron chi connectivity index (χ0n) is 14.9. The Hall–Kier alpha value is -3.13. The quantitative estimate of drug-likeness (QED) is 0.469. The van der Waals surface area contributed by atoms with Crippen molar-refractivity contribution < 1.29 is 18.3 Å². The molecule has 3 rings (SSSR count). The van der Waals surface area contributed by atoms with Crippen LogP contribution in [0.3, 0.4) is 0 Å². The normalized spacial score (nSPS) is 11.5. The maximum Gasteiger partial charge on any atom is 0.387 e. The SMILES string of the molecule is C/C(=N/NC(=O)Cc1nc(-c2ccccc2)cs1)c1ccccc1OC(F)F. The molecule has 0 unspecified atom stereocenters. The average molecular weight is 401 g/mol. The van der Waals surface area contributed by atoms with Crippen molar-refractivity contribution in [3.05, 3.63) is 70.5 Å². The molecule has 0 radical (unpaired) electrons. The topological polar surface area (TPSA) is 63.6 Å². The molecule has 0 aliphatic rings. The fourth-order valence-corrected chi connectivity index (χ4v) is 3.28.